The predicted molar refractivity (Wildman–Crippen MR) is 199 cm³/mol. The molecule has 2 N–H and O–H groups in total. The molecule has 0 amide bonds. The molecule has 0 spiro atoms. The quantitative estimate of drug-likeness (QED) is 0.0764. The molecular formula is C38H39O13P3. The van der Waals surface area contributed by atoms with Crippen molar-refractivity contribution in [1.29, 1.82) is 0 Å². The Balaban J connectivity index is 1.27. The normalized spacial score (nSPS) is 20.7. The summed E-state index contributed by atoms with van der Waals surface area (Å²) in [6.45, 7) is -0.334. The third-order valence-corrected chi connectivity index (χ3v) is 12.3. The molecule has 0 aliphatic carbocycles. The SMILES string of the molecule is O=P(O)(C[C@H]1O[C@H](COP(=O)(Oc2ccccc2)Oc2ccccc2)[C@@H](OCc2ccccc2)[C@@H]1OCc1ccccc1)OP(=O)(O)Oc1ccccc1. The van der Waals surface area contributed by atoms with E-state index in [1.54, 1.807) is 78.9 Å². The zero-order valence-corrected chi connectivity index (χ0v) is 31.5. The smallest absolute Gasteiger partial charge is 0.404 e. The Morgan fingerprint density at radius 1 is 0.519 bits per heavy atom. The van der Waals surface area contributed by atoms with Crippen molar-refractivity contribution in [3.05, 3.63) is 163 Å². The summed E-state index contributed by atoms with van der Waals surface area (Å²) in [5.41, 5.74) is 1.60. The second kappa shape index (κ2) is 18.5. The molecule has 1 aliphatic rings. The van der Waals surface area contributed by atoms with E-state index in [-0.39, 0.29) is 30.5 Å². The summed E-state index contributed by atoms with van der Waals surface area (Å²) in [7, 11) is -14.5. The molecule has 0 saturated carbocycles. The van der Waals surface area contributed by atoms with E-state index in [9.17, 15) is 23.5 Å². The van der Waals surface area contributed by atoms with Crippen LogP contribution in [0.1, 0.15) is 11.1 Å². The molecule has 0 bridgehead atoms. The maximum absolute atomic E-state index is 14.2. The van der Waals surface area contributed by atoms with Gasteiger partial charge < -0.3 is 32.7 Å². The summed E-state index contributed by atoms with van der Waals surface area (Å²) in [6, 6.07) is 42.7. The summed E-state index contributed by atoms with van der Waals surface area (Å²) >= 11 is 0. The molecule has 5 aromatic rings. The lowest BCUT2D eigenvalue weighted by Gasteiger charge is -2.26. The molecule has 1 saturated heterocycles. The van der Waals surface area contributed by atoms with Gasteiger partial charge >= 0.3 is 23.2 Å². The van der Waals surface area contributed by atoms with Crippen LogP contribution in [0.3, 0.4) is 0 Å². The van der Waals surface area contributed by atoms with Gasteiger partial charge in [0, 0.05) is 0 Å². The fraction of sp³-hybridized carbons (Fsp3) is 0.211. The summed E-state index contributed by atoms with van der Waals surface area (Å²) in [4.78, 5) is 21.4. The average Bonchev–Trinajstić information content (AvgIpc) is 3.48. The Morgan fingerprint density at radius 2 is 0.907 bits per heavy atom. The molecule has 5 aromatic carbocycles. The second-order valence-electron chi connectivity index (χ2n) is 12.1. The Bertz CT molecular complexity index is 1980. The maximum atomic E-state index is 14.2. The van der Waals surface area contributed by atoms with Gasteiger partial charge in [0.15, 0.2) is 0 Å². The van der Waals surface area contributed by atoms with E-state index < -0.39 is 60.4 Å². The Morgan fingerprint density at radius 3 is 1.35 bits per heavy atom. The Kier molecular flexibility index (Phi) is 13.6. The minimum Gasteiger partial charge on any atom is -0.404 e. The van der Waals surface area contributed by atoms with Crippen LogP contribution >= 0.6 is 23.2 Å². The van der Waals surface area contributed by atoms with Gasteiger partial charge in [-0.25, -0.2) is 9.13 Å². The van der Waals surface area contributed by atoms with Crippen LogP contribution in [0, 0.1) is 0 Å². The first-order valence-electron chi connectivity index (χ1n) is 16.9. The predicted octanol–water partition coefficient (Wildman–Crippen LogP) is 8.59. The summed E-state index contributed by atoms with van der Waals surface area (Å²) in [5.74, 6) is 0.385. The van der Waals surface area contributed by atoms with Gasteiger partial charge in [0.05, 0.1) is 32.1 Å². The van der Waals surface area contributed by atoms with Crippen LogP contribution in [0.25, 0.3) is 0 Å². The van der Waals surface area contributed by atoms with Crippen molar-refractivity contribution in [1.82, 2.24) is 0 Å². The van der Waals surface area contributed by atoms with Gasteiger partial charge in [0.1, 0.15) is 35.6 Å². The standard InChI is InChI=1S/C38H39O13P3/c39-52(40,51-53(41,42)48-32-20-10-3-11-21-32)29-36-38(45-27-31-18-8-2-9-19-31)37(44-26-30-16-6-1-7-17-30)35(47-36)28-46-54(43,49-33-22-12-4-13-23-33)50-34-24-14-5-15-25-34/h1-25,35-38H,26-29H2,(H,39,40)(H,41,42)/t35-,36-,37-,38-/m1/s1. The zero-order valence-electron chi connectivity index (χ0n) is 28.8. The monoisotopic (exact) mass is 796 g/mol. The molecule has 13 nitrogen and oxygen atoms in total. The summed E-state index contributed by atoms with van der Waals surface area (Å²) < 4.78 is 87.0. The van der Waals surface area contributed by atoms with E-state index >= 15 is 0 Å². The first kappa shape index (κ1) is 39.6. The molecule has 1 heterocycles. The first-order valence-corrected chi connectivity index (χ1v) is 21.6. The van der Waals surface area contributed by atoms with E-state index in [0.29, 0.717) is 0 Å². The highest BCUT2D eigenvalue weighted by Gasteiger charge is 2.51. The van der Waals surface area contributed by atoms with Crippen molar-refractivity contribution in [2.75, 3.05) is 12.8 Å². The molecule has 16 heteroatoms. The topological polar surface area (TPSA) is 166 Å². The molecule has 6 rings (SSSR count). The largest absolute Gasteiger partial charge is 0.587 e. The molecule has 2 unspecified atom stereocenters. The molecule has 284 valence electrons. The molecular weight excluding hydrogens is 757 g/mol. The fourth-order valence-electron chi connectivity index (χ4n) is 5.53. The average molecular weight is 797 g/mol. The number of para-hydroxylation sites is 3. The van der Waals surface area contributed by atoms with Gasteiger partial charge in [-0.15, -0.1) is 0 Å². The maximum Gasteiger partial charge on any atom is 0.587 e. The molecule has 1 fully saturated rings. The Labute approximate surface area is 313 Å². The number of phosphoric ester groups is 2. The first-order chi connectivity index (χ1) is 26.0. The molecule has 1 aliphatic heterocycles. The number of phosphoric acid groups is 2. The molecule has 6 atom stereocenters. The Hall–Kier alpha value is -4.09. The van der Waals surface area contributed by atoms with Gasteiger partial charge in [-0.1, -0.05) is 115 Å². The van der Waals surface area contributed by atoms with Crippen molar-refractivity contribution in [2.45, 2.75) is 37.6 Å². The van der Waals surface area contributed by atoms with E-state index in [2.05, 4.69) is 0 Å². The van der Waals surface area contributed by atoms with Gasteiger partial charge in [0.25, 0.3) is 0 Å². The minimum absolute atomic E-state index is 0.0447. The van der Waals surface area contributed by atoms with Crippen molar-refractivity contribution in [3.8, 4) is 17.2 Å². The van der Waals surface area contributed by atoms with E-state index in [0.717, 1.165) is 11.1 Å². The van der Waals surface area contributed by atoms with Crippen LogP contribution in [0.2, 0.25) is 0 Å². The van der Waals surface area contributed by atoms with Crippen LogP contribution < -0.4 is 13.6 Å². The van der Waals surface area contributed by atoms with Crippen LogP contribution in [0.5, 0.6) is 17.2 Å². The van der Waals surface area contributed by atoms with Gasteiger partial charge in [-0.3, -0.25) is 14.0 Å². The third kappa shape index (κ3) is 12.0. The highest BCUT2D eigenvalue weighted by molar-refractivity contribution is 7.64. The third-order valence-electron chi connectivity index (χ3n) is 7.90. The van der Waals surface area contributed by atoms with Crippen molar-refractivity contribution in [3.63, 3.8) is 0 Å². The number of ether oxygens (including phenoxy) is 3. The molecule has 0 aromatic heterocycles. The van der Waals surface area contributed by atoms with Crippen LogP contribution in [-0.2, 0) is 50.0 Å². The number of hydrogen-bond acceptors (Lipinski definition) is 11. The lowest BCUT2D eigenvalue weighted by molar-refractivity contribution is -0.0822. The minimum atomic E-state index is -5.10. The fourth-order valence-corrected chi connectivity index (χ4v) is 9.59. The van der Waals surface area contributed by atoms with Crippen LogP contribution in [0.4, 0.5) is 0 Å². The van der Waals surface area contributed by atoms with Gasteiger partial charge in [0.2, 0.25) is 0 Å². The van der Waals surface area contributed by atoms with Crippen LogP contribution in [-0.4, -0.2) is 47.0 Å². The highest BCUT2D eigenvalue weighted by Crippen LogP contribution is 2.60. The van der Waals surface area contributed by atoms with Crippen molar-refractivity contribution in [2.24, 2.45) is 0 Å². The highest BCUT2D eigenvalue weighted by atomic mass is 31.3. The summed E-state index contributed by atoms with van der Waals surface area (Å²) in [6.07, 6.45) is -5.23. The van der Waals surface area contributed by atoms with Gasteiger partial charge in [-0.2, -0.15) is 4.31 Å². The zero-order chi connectivity index (χ0) is 37.9. The lowest BCUT2D eigenvalue weighted by atomic mass is 10.1. The van der Waals surface area contributed by atoms with E-state index in [4.69, 9.17) is 36.6 Å². The van der Waals surface area contributed by atoms with Crippen molar-refractivity contribution < 1.29 is 60.1 Å². The van der Waals surface area contributed by atoms with E-state index in [1.165, 1.54) is 12.1 Å². The number of hydrogen-bond donors (Lipinski definition) is 2. The van der Waals surface area contributed by atoms with Crippen LogP contribution in [0.15, 0.2) is 152 Å². The van der Waals surface area contributed by atoms with E-state index in [1.807, 2.05) is 60.7 Å². The summed E-state index contributed by atoms with van der Waals surface area (Å²) in [5, 5.41) is 0. The number of benzene rings is 5. The second-order valence-corrected chi connectivity index (χ2v) is 17.0. The van der Waals surface area contributed by atoms with Gasteiger partial charge in [-0.05, 0) is 47.5 Å². The molecule has 54 heavy (non-hydrogen) atoms. The number of rotatable bonds is 19. The lowest BCUT2D eigenvalue weighted by Crippen LogP contribution is -2.40. The van der Waals surface area contributed by atoms with Crippen molar-refractivity contribution >= 4 is 23.2 Å². The molecule has 0 radical (unpaired) electrons.